The number of hydrogen-bond donors (Lipinski definition) is 2. The van der Waals surface area contributed by atoms with Crippen LogP contribution in [0.25, 0.3) is 0 Å². The Kier molecular flexibility index (Phi) is 6.01. The van der Waals surface area contributed by atoms with Gasteiger partial charge in [0.05, 0.1) is 23.2 Å². The molecule has 3 rings (SSSR count). The average molecular weight is 417 g/mol. The van der Waals surface area contributed by atoms with Gasteiger partial charge in [0, 0.05) is 28.3 Å². The van der Waals surface area contributed by atoms with Crippen LogP contribution in [-0.4, -0.2) is 12.0 Å². The SMILES string of the molecule is CSc1cc(C#N)ccc1C(N)C1=C(Nc2cccc(C(F)(F)F)c2)CCC1=O. The van der Waals surface area contributed by atoms with Gasteiger partial charge >= 0.3 is 6.18 Å². The number of nitrogens with one attached hydrogen (secondary N) is 1. The number of hydrogen-bond acceptors (Lipinski definition) is 5. The molecule has 3 N–H and O–H groups in total. The summed E-state index contributed by atoms with van der Waals surface area (Å²) in [6.07, 6.45) is -1.98. The third-order valence-corrected chi connectivity index (χ3v) is 5.51. The fourth-order valence-corrected chi connectivity index (χ4v) is 3.98. The van der Waals surface area contributed by atoms with Crippen molar-refractivity contribution >= 4 is 23.2 Å². The molecule has 2 aromatic rings. The largest absolute Gasteiger partial charge is 0.416 e. The van der Waals surface area contributed by atoms with Crippen molar-refractivity contribution < 1.29 is 18.0 Å². The summed E-state index contributed by atoms with van der Waals surface area (Å²) >= 11 is 1.41. The first-order valence-corrected chi connectivity index (χ1v) is 10.0. The Labute approximate surface area is 170 Å². The van der Waals surface area contributed by atoms with E-state index in [-0.39, 0.29) is 17.9 Å². The number of nitriles is 1. The van der Waals surface area contributed by atoms with Gasteiger partial charge < -0.3 is 11.1 Å². The molecular weight excluding hydrogens is 399 g/mol. The van der Waals surface area contributed by atoms with Crippen molar-refractivity contribution in [3.8, 4) is 6.07 Å². The van der Waals surface area contributed by atoms with Gasteiger partial charge in [-0.25, -0.2) is 0 Å². The van der Waals surface area contributed by atoms with Crippen LogP contribution in [0.3, 0.4) is 0 Å². The van der Waals surface area contributed by atoms with Crippen molar-refractivity contribution in [2.45, 2.75) is 30.0 Å². The number of carbonyl (C=O) groups is 1. The number of ketones is 1. The van der Waals surface area contributed by atoms with Gasteiger partial charge in [-0.1, -0.05) is 12.1 Å². The fraction of sp³-hybridized carbons (Fsp3) is 0.238. The molecule has 0 spiro atoms. The van der Waals surface area contributed by atoms with Crippen molar-refractivity contribution in [1.82, 2.24) is 0 Å². The molecule has 0 radical (unpaired) electrons. The number of anilines is 1. The molecule has 1 aliphatic rings. The first-order valence-electron chi connectivity index (χ1n) is 8.78. The van der Waals surface area contributed by atoms with Crippen LogP contribution in [0.5, 0.6) is 0 Å². The monoisotopic (exact) mass is 417 g/mol. The Bertz CT molecular complexity index is 1020. The third kappa shape index (κ3) is 4.47. The average Bonchev–Trinajstić information content (AvgIpc) is 3.06. The minimum atomic E-state index is -4.45. The van der Waals surface area contributed by atoms with Gasteiger partial charge in [0.25, 0.3) is 0 Å². The van der Waals surface area contributed by atoms with E-state index in [4.69, 9.17) is 11.0 Å². The van der Waals surface area contributed by atoms with E-state index in [1.54, 1.807) is 18.2 Å². The molecule has 0 saturated carbocycles. The molecule has 4 nitrogen and oxygen atoms in total. The Balaban J connectivity index is 1.98. The molecule has 2 aromatic carbocycles. The van der Waals surface area contributed by atoms with Crippen molar-refractivity contribution in [2.24, 2.45) is 5.73 Å². The molecule has 1 unspecified atom stereocenters. The van der Waals surface area contributed by atoms with E-state index in [0.29, 0.717) is 28.8 Å². The van der Waals surface area contributed by atoms with E-state index in [1.807, 2.05) is 6.26 Å². The summed E-state index contributed by atoms with van der Waals surface area (Å²) in [6, 6.07) is 11.2. The number of rotatable bonds is 5. The highest BCUT2D eigenvalue weighted by molar-refractivity contribution is 7.98. The molecule has 150 valence electrons. The second kappa shape index (κ2) is 8.31. The maximum absolute atomic E-state index is 13.0. The van der Waals surface area contributed by atoms with Crippen LogP contribution in [0.2, 0.25) is 0 Å². The lowest BCUT2D eigenvalue weighted by atomic mass is 9.96. The number of Topliss-reactive ketones (excluding diaryl/α,β-unsaturated/α-hetero) is 1. The second-order valence-electron chi connectivity index (χ2n) is 6.57. The molecule has 0 aliphatic heterocycles. The number of nitrogens with zero attached hydrogens (tertiary/aromatic N) is 1. The van der Waals surface area contributed by atoms with E-state index >= 15 is 0 Å². The van der Waals surface area contributed by atoms with Gasteiger partial charge in [-0.05, 0) is 48.6 Å². The van der Waals surface area contributed by atoms with Gasteiger partial charge in [-0.2, -0.15) is 18.4 Å². The van der Waals surface area contributed by atoms with Gasteiger partial charge in [0.2, 0.25) is 0 Å². The van der Waals surface area contributed by atoms with Gasteiger partial charge in [-0.3, -0.25) is 4.79 Å². The number of carbonyl (C=O) groups excluding carboxylic acids is 1. The quantitative estimate of drug-likeness (QED) is 0.668. The summed E-state index contributed by atoms with van der Waals surface area (Å²) in [4.78, 5) is 13.3. The van der Waals surface area contributed by atoms with E-state index in [9.17, 15) is 18.0 Å². The van der Waals surface area contributed by atoms with Crippen LogP contribution in [0.4, 0.5) is 18.9 Å². The van der Waals surface area contributed by atoms with Gasteiger partial charge in [0.15, 0.2) is 5.78 Å². The molecule has 1 aliphatic carbocycles. The van der Waals surface area contributed by atoms with Crippen LogP contribution >= 0.6 is 11.8 Å². The van der Waals surface area contributed by atoms with Crippen LogP contribution in [0.1, 0.15) is 35.6 Å². The lowest BCUT2D eigenvalue weighted by molar-refractivity contribution is -0.137. The summed E-state index contributed by atoms with van der Waals surface area (Å²) in [5, 5.41) is 12.0. The first-order chi connectivity index (χ1) is 13.7. The molecule has 0 bridgehead atoms. The van der Waals surface area contributed by atoms with Crippen molar-refractivity contribution in [3.63, 3.8) is 0 Å². The summed E-state index contributed by atoms with van der Waals surface area (Å²) in [6.45, 7) is 0. The van der Waals surface area contributed by atoms with E-state index in [2.05, 4.69) is 11.4 Å². The molecule has 0 fully saturated rings. The van der Waals surface area contributed by atoms with Crippen LogP contribution < -0.4 is 11.1 Å². The second-order valence-corrected chi connectivity index (χ2v) is 7.41. The number of nitrogens with two attached hydrogens (primary N) is 1. The number of thioether (sulfide) groups is 1. The molecule has 0 amide bonds. The summed E-state index contributed by atoms with van der Waals surface area (Å²) < 4.78 is 38.9. The molecule has 0 saturated heterocycles. The zero-order chi connectivity index (χ0) is 21.2. The molecule has 29 heavy (non-hydrogen) atoms. The highest BCUT2D eigenvalue weighted by Crippen LogP contribution is 2.37. The van der Waals surface area contributed by atoms with E-state index in [0.717, 1.165) is 17.0 Å². The Hall–Kier alpha value is -2.76. The highest BCUT2D eigenvalue weighted by Gasteiger charge is 2.32. The first kappa shape index (κ1) is 21.0. The maximum Gasteiger partial charge on any atom is 0.416 e. The van der Waals surface area contributed by atoms with Crippen molar-refractivity contribution in [3.05, 3.63) is 70.4 Å². The lowest BCUT2D eigenvalue weighted by Gasteiger charge is -2.19. The fourth-order valence-electron chi connectivity index (χ4n) is 3.31. The van der Waals surface area contributed by atoms with Crippen LogP contribution in [0.15, 0.2) is 58.6 Å². The van der Waals surface area contributed by atoms with Gasteiger partial charge in [-0.15, -0.1) is 11.8 Å². The van der Waals surface area contributed by atoms with Crippen LogP contribution in [-0.2, 0) is 11.0 Å². The minimum Gasteiger partial charge on any atom is -0.358 e. The molecular formula is C21H18F3N3OS. The maximum atomic E-state index is 13.0. The van der Waals surface area contributed by atoms with Gasteiger partial charge in [0.1, 0.15) is 0 Å². The predicted molar refractivity (Wildman–Crippen MR) is 106 cm³/mol. The molecule has 8 heteroatoms. The van der Waals surface area contributed by atoms with E-state index in [1.165, 1.54) is 23.9 Å². The number of benzene rings is 2. The standard InChI is InChI=1S/C21H18F3N3OS/c1-29-18-9-12(11-25)5-6-15(18)20(26)19-16(7-8-17(19)28)27-14-4-2-3-13(10-14)21(22,23)24/h2-6,9-10,20,27H,7-8,26H2,1H3. The normalized spacial score (nSPS) is 15.4. The Morgan fingerprint density at radius 1 is 1.21 bits per heavy atom. The number of halogens is 3. The summed E-state index contributed by atoms with van der Waals surface area (Å²) in [5.74, 6) is -0.136. The zero-order valence-electron chi connectivity index (χ0n) is 15.5. The predicted octanol–water partition coefficient (Wildman–Crippen LogP) is 5.03. The lowest BCUT2D eigenvalue weighted by Crippen LogP contribution is -2.20. The Morgan fingerprint density at radius 3 is 2.62 bits per heavy atom. The van der Waals surface area contributed by atoms with Crippen molar-refractivity contribution in [2.75, 3.05) is 11.6 Å². The van der Waals surface area contributed by atoms with Crippen LogP contribution in [0, 0.1) is 11.3 Å². The smallest absolute Gasteiger partial charge is 0.358 e. The number of allylic oxidation sites excluding steroid dienone is 1. The van der Waals surface area contributed by atoms with Crippen molar-refractivity contribution in [1.29, 1.82) is 5.26 Å². The van der Waals surface area contributed by atoms with E-state index < -0.39 is 17.8 Å². The third-order valence-electron chi connectivity index (χ3n) is 4.72. The molecule has 0 heterocycles. The Morgan fingerprint density at radius 2 is 1.97 bits per heavy atom. The summed E-state index contributed by atoms with van der Waals surface area (Å²) in [7, 11) is 0. The molecule has 1 atom stereocenters. The zero-order valence-corrected chi connectivity index (χ0v) is 16.3. The minimum absolute atomic E-state index is 0.136. The number of alkyl halides is 3. The highest BCUT2D eigenvalue weighted by atomic mass is 32.2. The summed E-state index contributed by atoms with van der Waals surface area (Å²) in [5.41, 5.74) is 7.96. The topological polar surface area (TPSA) is 78.9 Å². The molecule has 0 aromatic heterocycles.